The van der Waals surface area contributed by atoms with E-state index in [9.17, 15) is 14.4 Å². The zero-order chi connectivity index (χ0) is 16.6. The van der Waals surface area contributed by atoms with E-state index in [-0.39, 0.29) is 6.54 Å². The SMILES string of the molecule is O=C(CN1C(=O)C(=O)c2cc(Br)ccc21)Nc1cccc(Cl)c1. The topological polar surface area (TPSA) is 66.5 Å². The van der Waals surface area contributed by atoms with Crippen molar-refractivity contribution in [2.24, 2.45) is 0 Å². The first-order valence-electron chi connectivity index (χ1n) is 6.67. The van der Waals surface area contributed by atoms with E-state index in [4.69, 9.17) is 11.6 Å². The minimum absolute atomic E-state index is 0.244. The highest BCUT2D eigenvalue weighted by molar-refractivity contribution is 9.10. The molecule has 0 saturated carbocycles. The highest BCUT2D eigenvalue weighted by Crippen LogP contribution is 2.31. The summed E-state index contributed by atoms with van der Waals surface area (Å²) in [6.45, 7) is -0.244. The minimum Gasteiger partial charge on any atom is -0.324 e. The lowest BCUT2D eigenvalue weighted by molar-refractivity contribution is -0.118. The summed E-state index contributed by atoms with van der Waals surface area (Å²) in [5, 5.41) is 3.14. The molecule has 2 amide bonds. The van der Waals surface area contributed by atoms with E-state index in [1.807, 2.05) is 0 Å². The predicted octanol–water partition coefficient (Wildman–Crippen LogP) is 3.27. The van der Waals surface area contributed by atoms with Crippen molar-refractivity contribution in [1.29, 1.82) is 0 Å². The summed E-state index contributed by atoms with van der Waals surface area (Å²) in [5.41, 5.74) is 1.25. The zero-order valence-corrected chi connectivity index (χ0v) is 14.0. The van der Waals surface area contributed by atoms with Crippen molar-refractivity contribution < 1.29 is 14.4 Å². The average molecular weight is 394 g/mol. The van der Waals surface area contributed by atoms with Gasteiger partial charge >= 0.3 is 0 Å². The number of carbonyl (C=O) groups is 3. The molecule has 3 rings (SSSR count). The van der Waals surface area contributed by atoms with Gasteiger partial charge in [-0.25, -0.2) is 0 Å². The lowest BCUT2D eigenvalue weighted by Crippen LogP contribution is -2.37. The van der Waals surface area contributed by atoms with Gasteiger partial charge in [-0.2, -0.15) is 0 Å². The molecule has 0 unspecified atom stereocenters. The monoisotopic (exact) mass is 392 g/mol. The van der Waals surface area contributed by atoms with Gasteiger partial charge in [0.05, 0.1) is 11.3 Å². The van der Waals surface area contributed by atoms with Crippen molar-refractivity contribution in [2.75, 3.05) is 16.8 Å². The fraction of sp³-hybridized carbons (Fsp3) is 0.0625. The van der Waals surface area contributed by atoms with E-state index in [1.54, 1.807) is 42.5 Å². The van der Waals surface area contributed by atoms with Crippen molar-refractivity contribution in [1.82, 2.24) is 0 Å². The first-order chi connectivity index (χ1) is 11.0. The Morgan fingerprint density at radius 2 is 1.96 bits per heavy atom. The standard InChI is InChI=1S/C16H10BrClN2O3/c17-9-4-5-13-12(6-9)15(22)16(23)20(13)8-14(21)19-11-3-1-2-10(18)7-11/h1-7H,8H2,(H,19,21). The summed E-state index contributed by atoms with van der Waals surface area (Å²) in [5.74, 6) is -1.74. The summed E-state index contributed by atoms with van der Waals surface area (Å²) < 4.78 is 0.697. The number of nitrogens with one attached hydrogen (secondary N) is 1. The molecule has 1 aliphatic heterocycles. The van der Waals surface area contributed by atoms with E-state index < -0.39 is 17.6 Å². The van der Waals surface area contributed by atoms with Crippen LogP contribution in [0.4, 0.5) is 11.4 Å². The van der Waals surface area contributed by atoms with Crippen LogP contribution in [0.15, 0.2) is 46.9 Å². The van der Waals surface area contributed by atoms with Crippen LogP contribution in [0.25, 0.3) is 0 Å². The number of amides is 2. The van der Waals surface area contributed by atoms with Crippen LogP contribution in [0.3, 0.4) is 0 Å². The van der Waals surface area contributed by atoms with Crippen LogP contribution in [0.5, 0.6) is 0 Å². The number of Topliss-reactive ketones (excluding diaryl/α,β-unsaturated/α-hetero) is 1. The molecule has 2 aromatic carbocycles. The minimum atomic E-state index is -0.709. The molecule has 0 spiro atoms. The quantitative estimate of drug-likeness (QED) is 0.814. The second kappa shape index (κ2) is 6.14. The van der Waals surface area contributed by atoms with E-state index in [0.29, 0.717) is 26.4 Å². The van der Waals surface area contributed by atoms with Gasteiger partial charge in [0.2, 0.25) is 5.91 Å². The van der Waals surface area contributed by atoms with Gasteiger partial charge in [-0.1, -0.05) is 33.6 Å². The van der Waals surface area contributed by atoms with Gasteiger partial charge in [0.1, 0.15) is 6.54 Å². The van der Waals surface area contributed by atoms with Crippen LogP contribution in [-0.4, -0.2) is 24.1 Å². The second-order valence-corrected chi connectivity index (χ2v) is 6.29. The molecule has 2 aromatic rings. The molecule has 0 aromatic heterocycles. The van der Waals surface area contributed by atoms with Crippen molar-refractivity contribution in [3.8, 4) is 0 Å². The van der Waals surface area contributed by atoms with Gasteiger partial charge in [0, 0.05) is 15.2 Å². The molecule has 5 nitrogen and oxygen atoms in total. The van der Waals surface area contributed by atoms with Gasteiger partial charge in [-0.05, 0) is 36.4 Å². The van der Waals surface area contributed by atoms with E-state index >= 15 is 0 Å². The third kappa shape index (κ3) is 3.13. The number of fused-ring (bicyclic) bond motifs is 1. The molecule has 0 radical (unpaired) electrons. The maximum atomic E-state index is 12.1. The van der Waals surface area contributed by atoms with Crippen molar-refractivity contribution >= 4 is 56.5 Å². The molecular weight excluding hydrogens is 384 g/mol. The zero-order valence-electron chi connectivity index (χ0n) is 11.7. The summed E-state index contributed by atoms with van der Waals surface area (Å²) in [6.07, 6.45) is 0. The Kier molecular flexibility index (Phi) is 4.19. The highest BCUT2D eigenvalue weighted by atomic mass is 79.9. The summed E-state index contributed by atoms with van der Waals surface area (Å²) in [6, 6.07) is 11.6. The molecule has 116 valence electrons. The van der Waals surface area contributed by atoms with Gasteiger partial charge in [-0.3, -0.25) is 19.3 Å². The molecule has 1 N–H and O–H groups in total. The Hall–Kier alpha value is -2.18. The number of benzene rings is 2. The van der Waals surface area contributed by atoms with Gasteiger partial charge < -0.3 is 5.32 Å². The lowest BCUT2D eigenvalue weighted by atomic mass is 10.1. The van der Waals surface area contributed by atoms with Gasteiger partial charge in [0.25, 0.3) is 11.7 Å². The number of anilines is 2. The fourth-order valence-corrected chi connectivity index (χ4v) is 2.89. The molecule has 0 aliphatic carbocycles. The maximum Gasteiger partial charge on any atom is 0.299 e. The molecule has 23 heavy (non-hydrogen) atoms. The average Bonchev–Trinajstić information content (AvgIpc) is 2.72. The highest BCUT2D eigenvalue weighted by Gasteiger charge is 2.36. The first-order valence-corrected chi connectivity index (χ1v) is 7.84. The number of nitrogens with zero attached hydrogens (tertiary/aromatic N) is 1. The molecule has 1 heterocycles. The summed E-state index contributed by atoms with van der Waals surface area (Å²) in [4.78, 5) is 37.4. The van der Waals surface area contributed by atoms with Gasteiger partial charge in [0.15, 0.2) is 0 Å². The Morgan fingerprint density at radius 1 is 1.17 bits per heavy atom. The smallest absolute Gasteiger partial charge is 0.299 e. The summed E-state index contributed by atoms with van der Waals surface area (Å²) in [7, 11) is 0. The van der Waals surface area contributed by atoms with Crippen LogP contribution in [0.2, 0.25) is 5.02 Å². The van der Waals surface area contributed by atoms with Crippen LogP contribution >= 0.6 is 27.5 Å². The molecule has 0 bridgehead atoms. The molecule has 0 fully saturated rings. The van der Waals surface area contributed by atoms with E-state index in [1.165, 1.54) is 4.90 Å². The van der Waals surface area contributed by atoms with Crippen LogP contribution in [-0.2, 0) is 9.59 Å². The molecule has 7 heteroatoms. The van der Waals surface area contributed by atoms with Crippen LogP contribution in [0, 0.1) is 0 Å². The number of hydrogen-bond acceptors (Lipinski definition) is 3. The van der Waals surface area contributed by atoms with Gasteiger partial charge in [-0.15, -0.1) is 0 Å². The molecule has 1 aliphatic rings. The Morgan fingerprint density at radius 3 is 2.70 bits per heavy atom. The van der Waals surface area contributed by atoms with E-state index in [2.05, 4.69) is 21.2 Å². The number of rotatable bonds is 3. The van der Waals surface area contributed by atoms with E-state index in [0.717, 1.165) is 0 Å². The molecule has 0 atom stereocenters. The van der Waals surface area contributed by atoms with Crippen molar-refractivity contribution in [3.63, 3.8) is 0 Å². The molecular formula is C16H10BrClN2O3. The van der Waals surface area contributed by atoms with Crippen LogP contribution < -0.4 is 10.2 Å². The number of ketones is 1. The third-order valence-corrected chi connectivity index (χ3v) is 4.07. The second-order valence-electron chi connectivity index (χ2n) is 4.94. The Bertz CT molecular complexity index is 838. The number of halogens is 2. The normalized spacial score (nSPS) is 13.2. The Balaban J connectivity index is 1.79. The van der Waals surface area contributed by atoms with Crippen molar-refractivity contribution in [2.45, 2.75) is 0 Å². The fourth-order valence-electron chi connectivity index (χ4n) is 2.34. The largest absolute Gasteiger partial charge is 0.324 e. The first kappa shape index (κ1) is 15.7. The number of hydrogen-bond donors (Lipinski definition) is 1. The Labute approximate surface area is 145 Å². The van der Waals surface area contributed by atoms with Crippen molar-refractivity contribution in [3.05, 3.63) is 57.5 Å². The predicted molar refractivity (Wildman–Crippen MR) is 90.9 cm³/mol. The number of carbonyl (C=O) groups excluding carboxylic acids is 3. The third-order valence-electron chi connectivity index (χ3n) is 3.34. The maximum absolute atomic E-state index is 12.1. The van der Waals surface area contributed by atoms with Crippen LogP contribution in [0.1, 0.15) is 10.4 Å². The molecule has 0 saturated heterocycles. The summed E-state index contributed by atoms with van der Waals surface area (Å²) >= 11 is 9.12. The lowest BCUT2D eigenvalue weighted by Gasteiger charge is -2.16.